The van der Waals surface area contributed by atoms with Crippen LogP contribution in [0.1, 0.15) is 0 Å². The van der Waals surface area contributed by atoms with E-state index in [0.717, 1.165) is 0 Å². The van der Waals surface area contributed by atoms with Gasteiger partial charge in [-0.2, -0.15) is 13.2 Å². The van der Waals surface area contributed by atoms with Gasteiger partial charge in [-0.3, -0.25) is 4.79 Å². The Labute approximate surface area is 65.7 Å². The van der Waals surface area contributed by atoms with E-state index in [1.165, 1.54) is 7.05 Å². The fraction of sp³-hybridized carbons (Fsp3) is 0.600. The molecule has 0 atom stereocenters. The first kappa shape index (κ1) is 10.9. The molecule has 0 saturated heterocycles. The average Bonchev–Trinajstić information content (AvgIpc) is 1.85. The van der Waals surface area contributed by atoms with E-state index in [9.17, 15) is 22.8 Å². The number of ether oxygens (including phenoxy) is 1. The molecule has 0 heterocycles. The SMILES string of the molecule is CNCC(=O)OC(=O)C(F)(F)F. The van der Waals surface area contributed by atoms with E-state index < -0.39 is 24.7 Å². The number of carbonyl (C=O) groups excluding carboxylic acids is 2. The predicted octanol–water partition coefficient (Wildman–Crippen LogP) is -0.162. The van der Waals surface area contributed by atoms with Crippen LogP contribution in [0.2, 0.25) is 0 Å². The van der Waals surface area contributed by atoms with Gasteiger partial charge in [0.25, 0.3) is 0 Å². The van der Waals surface area contributed by atoms with Crippen molar-refractivity contribution < 1.29 is 27.5 Å². The van der Waals surface area contributed by atoms with E-state index >= 15 is 0 Å². The highest BCUT2D eigenvalue weighted by atomic mass is 19.4. The molecule has 0 aliphatic carbocycles. The Morgan fingerprint density at radius 1 is 1.42 bits per heavy atom. The maximum Gasteiger partial charge on any atom is 0.491 e. The summed E-state index contributed by atoms with van der Waals surface area (Å²) in [5.74, 6) is -3.76. The molecule has 0 fully saturated rings. The molecule has 0 unspecified atom stereocenters. The van der Waals surface area contributed by atoms with Crippen molar-refractivity contribution >= 4 is 11.9 Å². The molecule has 0 rings (SSSR count). The largest absolute Gasteiger partial charge is 0.491 e. The van der Waals surface area contributed by atoms with Crippen LogP contribution in [0, 0.1) is 0 Å². The molecule has 0 spiro atoms. The highest BCUT2D eigenvalue weighted by molar-refractivity contribution is 5.89. The Morgan fingerprint density at radius 3 is 2.25 bits per heavy atom. The van der Waals surface area contributed by atoms with Crippen molar-refractivity contribution in [2.45, 2.75) is 6.18 Å². The summed E-state index contributed by atoms with van der Waals surface area (Å²) in [6.07, 6.45) is -5.12. The van der Waals surface area contributed by atoms with E-state index in [0.29, 0.717) is 0 Å². The average molecular weight is 185 g/mol. The van der Waals surface area contributed by atoms with Gasteiger partial charge in [-0.1, -0.05) is 0 Å². The number of hydrogen-bond donors (Lipinski definition) is 1. The summed E-state index contributed by atoms with van der Waals surface area (Å²) in [6, 6.07) is 0. The predicted molar refractivity (Wildman–Crippen MR) is 31.1 cm³/mol. The Kier molecular flexibility index (Phi) is 3.68. The maximum atomic E-state index is 11.4. The molecule has 0 bridgehead atoms. The minimum absolute atomic E-state index is 0.443. The van der Waals surface area contributed by atoms with Gasteiger partial charge in [0.1, 0.15) is 0 Å². The van der Waals surface area contributed by atoms with Crippen molar-refractivity contribution in [2.24, 2.45) is 0 Å². The molecule has 0 amide bonds. The van der Waals surface area contributed by atoms with Crippen LogP contribution >= 0.6 is 0 Å². The molecular weight excluding hydrogens is 179 g/mol. The summed E-state index contributed by atoms with van der Waals surface area (Å²) in [5.41, 5.74) is 0. The Balaban J connectivity index is 3.94. The molecule has 0 aromatic carbocycles. The smallest absolute Gasteiger partial charge is 0.385 e. The molecule has 1 N–H and O–H groups in total. The lowest BCUT2D eigenvalue weighted by Gasteiger charge is -2.04. The molecule has 0 aliphatic rings. The maximum absolute atomic E-state index is 11.4. The van der Waals surface area contributed by atoms with Crippen LogP contribution in [0.3, 0.4) is 0 Å². The Bertz CT molecular complexity index is 189. The first-order valence-electron chi connectivity index (χ1n) is 2.84. The second-order valence-electron chi connectivity index (χ2n) is 1.79. The number of hydrogen-bond acceptors (Lipinski definition) is 4. The lowest BCUT2D eigenvalue weighted by molar-refractivity contribution is -0.201. The summed E-state index contributed by atoms with van der Waals surface area (Å²) in [7, 11) is 1.33. The van der Waals surface area contributed by atoms with Gasteiger partial charge in [-0.25, -0.2) is 4.79 Å². The molecule has 70 valence electrons. The molecule has 4 nitrogen and oxygen atoms in total. The standard InChI is InChI=1S/C5H6F3NO3/c1-9-2-3(10)12-4(11)5(6,7)8/h9H,2H2,1H3. The monoisotopic (exact) mass is 185 g/mol. The third kappa shape index (κ3) is 3.91. The molecule has 0 aliphatic heterocycles. The van der Waals surface area contributed by atoms with Crippen molar-refractivity contribution in [3.63, 3.8) is 0 Å². The van der Waals surface area contributed by atoms with Crippen LogP contribution in [0.5, 0.6) is 0 Å². The van der Waals surface area contributed by atoms with Crippen molar-refractivity contribution in [3.05, 3.63) is 0 Å². The second kappa shape index (κ2) is 4.05. The van der Waals surface area contributed by atoms with Crippen molar-refractivity contribution in [3.8, 4) is 0 Å². The van der Waals surface area contributed by atoms with Crippen LogP contribution < -0.4 is 5.32 Å². The van der Waals surface area contributed by atoms with E-state index in [1.54, 1.807) is 0 Å². The van der Waals surface area contributed by atoms with Gasteiger partial charge in [0, 0.05) is 0 Å². The minimum atomic E-state index is -5.12. The summed E-state index contributed by atoms with van der Waals surface area (Å²) in [5, 5.41) is 2.23. The van der Waals surface area contributed by atoms with Crippen molar-refractivity contribution in [1.82, 2.24) is 5.32 Å². The van der Waals surface area contributed by atoms with Gasteiger partial charge in [0.2, 0.25) is 0 Å². The third-order valence-electron chi connectivity index (χ3n) is 0.759. The topological polar surface area (TPSA) is 55.4 Å². The highest BCUT2D eigenvalue weighted by Gasteiger charge is 2.42. The van der Waals surface area contributed by atoms with E-state index in [4.69, 9.17) is 0 Å². The van der Waals surface area contributed by atoms with Gasteiger partial charge >= 0.3 is 18.1 Å². The molecule has 12 heavy (non-hydrogen) atoms. The normalized spacial score (nSPS) is 11.0. The van der Waals surface area contributed by atoms with Gasteiger partial charge in [0.05, 0.1) is 6.54 Å². The zero-order valence-corrected chi connectivity index (χ0v) is 6.07. The lowest BCUT2D eigenvalue weighted by Crippen LogP contribution is -2.31. The first-order chi connectivity index (χ1) is 5.38. The number of alkyl halides is 3. The quantitative estimate of drug-likeness (QED) is 0.479. The zero-order chi connectivity index (χ0) is 9.78. The number of nitrogens with one attached hydrogen (secondary N) is 1. The fourth-order valence-corrected chi connectivity index (χ4v) is 0.342. The van der Waals surface area contributed by atoms with E-state index in [1.807, 2.05) is 0 Å². The minimum Gasteiger partial charge on any atom is -0.385 e. The van der Waals surface area contributed by atoms with Crippen LogP contribution in [0.25, 0.3) is 0 Å². The summed E-state index contributed by atoms with van der Waals surface area (Å²) in [6.45, 7) is -0.443. The Hall–Kier alpha value is -1.11. The summed E-state index contributed by atoms with van der Waals surface area (Å²) >= 11 is 0. The summed E-state index contributed by atoms with van der Waals surface area (Å²) in [4.78, 5) is 20.2. The third-order valence-corrected chi connectivity index (χ3v) is 0.759. The van der Waals surface area contributed by atoms with Crippen LogP contribution in [-0.2, 0) is 14.3 Å². The Morgan fingerprint density at radius 2 is 1.92 bits per heavy atom. The number of halogens is 3. The molecular formula is C5H6F3NO3. The van der Waals surface area contributed by atoms with Crippen molar-refractivity contribution in [1.29, 1.82) is 0 Å². The number of likely N-dealkylation sites (N-methyl/N-ethyl adjacent to an activating group) is 1. The van der Waals surface area contributed by atoms with Gasteiger partial charge in [0.15, 0.2) is 0 Å². The zero-order valence-electron chi connectivity index (χ0n) is 6.07. The van der Waals surface area contributed by atoms with Crippen LogP contribution in [0.4, 0.5) is 13.2 Å². The second-order valence-corrected chi connectivity index (χ2v) is 1.79. The molecule has 0 aromatic heterocycles. The molecule has 0 radical (unpaired) electrons. The van der Waals surface area contributed by atoms with Crippen molar-refractivity contribution in [2.75, 3.05) is 13.6 Å². The number of carbonyl (C=O) groups is 2. The van der Waals surface area contributed by atoms with Gasteiger partial charge in [-0.05, 0) is 7.05 Å². The van der Waals surface area contributed by atoms with Gasteiger partial charge in [-0.15, -0.1) is 0 Å². The molecule has 7 heteroatoms. The number of rotatable bonds is 2. The number of esters is 2. The summed E-state index contributed by atoms with van der Waals surface area (Å²) < 4.78 is 37.6. The lowest BCUT2D eigenvalue weighted by atomic mass is 10.6. The molecule has 0 aromatic rings. The molecule has 0 saturated carbocycles. The van der Waals surface area contributed by atoms with Crippen LogP contribution in [0.15, 0.2) is 0 Å². The van der Waals surface area contributed by atoms with E-state index in [-0.39, 0.29) is 0 Å². The first-order valence-corrected chi connectivity index (χ1v) is 2.84. The van der Waals surface area contributed by atoms with Gasteiger partial charge < -0.3 is 10.1 Å². The fourth-order valence-electron chi connectivity index (χ4n) is 0.342. The highest BCUT2D eigenvalue weighted by Crippen LogP contribution is 2.16. The van der Waals surface area contributed by atoms with Crippen LogP contribution in [-0.4, -0.2) is 31.7 Å². The van der Waals surface area contributed by atoms with E-state index in [2.05, 4.69) is 10.1 Å².